The van der Waals surface area contributed by atoms with E-state index in [9.17, 15) is 9.59 Å². The van der Waals surface area contributed by atoms with Crippen LogP contribution >= 0.6 is 11.5 Å². The number of esters is 1. The highest BCUT2D eigenvalue weighted by atomic mass is 32.1. The molecule has 1 heterocycles. The van der Waals surface area contributed by atoms with Gasteiger partial charge in [-0.2, -0.15) is 0 Å². The monoisotopic (exact) mass is 269 g/mol. The molecule has 1 fully saturated rings. The number of aromatic nitrogens is 2. The van der Waals surface area contributed by atoms with E-state index < -0.39 is 0 Å². The van der Waals surface area contributed by atoms with Crippen LogP contribution in [0.15, 0.2) is 5.38 Å². The molecule has 0 atom stereocenters. The van der Waals surface area contributed by atoms with Gasteiger partial charge in [0, 0.05) is 11.4 Å². The van der Waals surface area contributed by atoms with Gasteiger partial charge in [0.2, 0.25) is 0 Å². The van der Waals surface area contributed by atoms with Crippen molar-refractivity contribution in [3.8, 4) is 0 Å². The van der Waals surface area contributed by atoms with Gasteiger partial charge < -0.3 is 10.1 Å². The number of hydrogen-bond donors (Lipinski definition) is 1. The third-order valence-corrected chi connectivity index (χ3v) is 3.69. The molecule has 18 heavy (non-hydrogen) atoms. The summed E-state index contributed by atoms with van der Waals surface area (Å²) in [6.45, 7) is 0. The smallest absolute Gasteiger partial charge is 0.308 e. The number of methoxy groups -OCH3 is 1. The van der Waals surface area contributed by atoms with Crippen molar-refractivity contribution < 1.29 is 14.3 Å². The Kier molecular flexibility index (Phi) is 4.24. The summed E-state index contributed by atoms with van der Waals surface area (Å²) < 4.78 is 8.37. The Labute approximate surface area is 109 Å². The predicted molar refractivity (Wildman–Crippen MR) is 65.1 cm³/mol. The van der Waals surface area contributed by atoms with Gasteiger partial charge in [-0.05, 0) is 37.2 Å². The van der Waals surface area contributed by atoms with Gasteiger partial charge in [-0.1, -0.05) is 4.49 Å². The molecule has 1 amide bonds. The molecule has 1 saturated carbocycles. The van der Waals surface area contributed by atoms with E-state index in [1.54, 1.807) is 5.38 Å². The molecule has 1 aromatic rings. The second kappa shape index (κ2) is 5.90. The Bertz CT molecular complexity index is 413. The highest BCUT2D eigenvalue weighted by Crippen LogP contribution is 2.25. The van der Waals surface area contributed by atoms with Crippen LogP contribution in [0.5, 0.6) is 0 Å². The molecule has 1 N–H and O–H groups in total. The molecule has 0 radical (unpaired) electrons. The van der Waals surface area contributed by atoms with E-state index in [-0.39, 0.29) is 23.8 Å². The first-order chi connectivity index (χ1) is 8.70. The normalized spacial score (nSPS) is 23.4. The van der Waals surface area contributed by atoms with Crippen molar-refractivity contribution in [1.82, 2.24) is 14.9 Å². The average molecular weight is 269 g/mol. The summed E-state index contributed by atoms with van der Waals surface area (Å²) >= 11 is 1.15. The second-order valence-corrected chi connectivity index (χ2v) is 4.95. The maximum Gasteiger partial charge on any atom is 0.308 e. The van der Waals surface area contributed by atoms with Gasteiger partial charge in [0.1, 0.15) is 0 Å². The lowest BCUT2D eigenvalue weighted by atomic mass is 9.86. The van der Waals surface area contributed by atoms with Crippen LogP contribution in [0.4, 0.5) is 0 Å². The lowest BCUT2D eigenvalue weighted by Crippen LogP contribution is -2.39. The number of nitrogens with one attached hydrogen (secondary N) is 1. The summed E-state index contributed by atoms with van der Waals surface area (Å²) in [6, 6.07) is 0.111. The third-order valence-electron chi connectivity index (χ3n) is 3.19. The molecule has 6 nitrogen and oxygen atoms in total. The number of ether oxygens (including phenoxy) is 1. The molecule has 2 rings (SSSR count). The summed E-state index contributed by atoms with van der Waals surface area (Å²) in [4.78, 5) is 23.1. The third kappa shape index (κ3) is 3.04. The molecule has 0 aliphatic heterocycles. The van der Waals surface area contributed by atoms with E-state index in [1.807, 2.05) is 0 Å². The minimum atomic E-state index is -0.190. The van der Waals surface area contributed by atoms with Crippen LogP contribution in [0.2, 0.25) is 0 Å². The Hall–Kier alpha value is -1.50. The van der Waals surface area contributed by atoms with Gasteiger partial charge in [0.15, 0.2) is 5.69 Å². The number of carbonyl (C=O) groups is 2. The van der Waals surface area contributed by atoms with E-state index in [2.05, 4.69) is 14.9 Å². The Morgan fingerprint density at radius 2 is 2.11 bits per heavy atom. The minimum Gasteiger partial charge on any atom is -0.469 e. The van der Waals surface area contributed by atoms with Gasteiger partial charge in [-0.15, -0.1) is 5.10 Å². The Morgan fingerprint density at radius 1 is 1.39 bits per heavy atom. The molecule has 0 aromatic carbocycles. The SMILES string of the molecule is COC(=O)C1CCC(NC(=O)c2csnn2)CC1. The number of carbonyl (C=O) groups excluding carboxylic acids is 2. The molecule has 0 spiro atoms. The van der Waals surface area contributed by atoms with Crippen LogP contribution in [0, 0.1) is 5.92 Å². The average Bonchev–Trinajstić information content (AvgIpc) is 2.92. The fourth-order valence-corrected chi connectivity index (χ4v) is 2.60. The predicted octanol–water partition coefficient (Wildman–Crippen LogP) is 1.000. The zero-order valence-corrected chi connectivity index (χ0v) is 10.9. The number of rotatable bonds is 3. The van der Waals surface area contributed by atoms with Crippen LogP contribution in [-0.4, -0.2) is 34.6 Å². The molecule has 1 aliphatic rings. The molecule has 7 heteroatoms. The van der Waals surface area contributed by atoms with Crippen molar-refractivity contribution in [3.63, 3.8) is 0 Å². The largest absolute Gasteiger partial charge is 0.469 e. The van der Waals surface area contributed by atoms with Crippen molar-refractivity contribution in [1.29, 1.82) is 0 Å². The number of hydrogen-bond acceptors (Lipinski definition) is 6. The zero-order chi connectivity index (χ0) is 13.0. The second-order valence-electron chi connectivity index (χ2n) is 4.34. The zero-order valence-electron chi connectivity index (χ0n) is 10.1. The van der Waals surface area contributed by atoms with Crippen LogP contribution in [-0.2, 0) is 9.53 Å². The minimum absolute atomic E-state index is 0.0240. The first-order valence-corrected chi connectivity index (χ1v) is 6.70. The molecule has 0 unspecified atom stereocenters. The van der Waals surface area contributed by atoms with E-state index in [1.165, 1.54) is 7.11 Å². The summed E-state index contributed by atoms with van der Waals surface area (Å²) in [5, 5.41) is 8.25. The Balaban J connectivity index is 1.80. The lowest BCUT2D eigenvalue weighted by molar-refractivity contribution is -0.146. The van der Waals surface area contributed by atoms with E-state index in [0.717, 1.165) is 37.2 Å². The van der Waals surface area contributed by atoms with E-state index >= 15 is 0 Å². The number of nitrogens with zero attached hydrogens (tertiary/aromatic N) is 2. The molecule has 0 saturated heterocycles. The lowest BCUT2D eigenvalue weighted by Gasteiger charge is -2.27. The quantitative estimate of drug-likeness (QED) is 0.828. The molecule has 1 aliphatic carbocycles. The highest BCUT2D eigenvalue weighted by molar-refractivity contribution is 7.03. The maximum atomic E-state index is 11.7. The van der Waals surface area contributed by atoms with Crippen LogP contribution < -0.4 is 5.32 Å². The summed E-state index contributed by atoms with van der Waals surface area (Å²) in [5.74, 6) is -0.363. The van der Waals surface area contributed by atoms with Crippen LogP contribution in [0.25, 0.3) is 0 Å². The van der Waals surface area contributed by atoms with Crippen molar-refractivity contribution in [3.05, 3.63) is 11.1 Å². The van der Waals surface area contributed by atoms with E-state index in [0.29, 0.717) is 5.69 Å². The first kappa shape index (κ1) is 12.9. The first-order valence-electron chi connectivity index (χ1n) is 5.86. The fraction of sp³-hybridized carbons (Fsp3) is 0.636. The van der Waals surface area contributed by atoms with Gasteiger partial charge >= 0.3 is 5.97 Å². The number of amides is 1. The summed E-state index contributed by atoms with van der Waals surface area (Å²) in [6.07, 6.45) is 3.10. The molecule has 1 aromatic heterocycles. The van der Waals surface area contributed by atoms with Gasteiger partial charge in [-0.3, -0.25) is 9.59 Å². The molecular formula is C11H15N3O3S. The summed E-state index contributed by atoms with van der Waals surface area (Å²) in [7, 11) is 1.41. The van der Waals surface area contributed by atoms with Crippen molar-refractivity contribution in [2.75, 3.05) is 7.11 Å². The maximum absolute atomic E-state index is 11.7. The molecule has 0 bridgehead atoms. The van der Waals surface area contributed by atoms with Crippen molar-refractivity contribution in [2.45, 2.75) is 31.7 Å². The standard InChI is InChI=1S/C11H15N3O3S/c1-17-11(16)7-2-4-8(5-3-7)12-10(15)9-6-18-14-13-9/h6-8H,2-5H2,1H3,(H,12,15). The molecule has 98 valence electrons. The summed E-state index contributed by atoms with van der Waals surface area (Å²) in [5.41, 5.74) is 0.357. The van der Waals surface area contributed by atoms with Gasteiger partial charge in [0.05, 0.1) is 13.0 Å². The van der Waals surface area contributed by atoms with E-state index in [4.69, 9.17) is 4.74 Å². The Morgan fingerprint density at radius 3 is 2.67 bits per heavy atom. The van der Waals surface area contributed by atoms with Crippen molar-refractivity contribution >= 4 is 23.4 Å². The van der Waals surface area contributed by atoms with Crippen LogP contribution in [0.1, 0.15) is 36.2 Å². The van der Waals surface area contributed by atoms with Gasteiger partial charge in [0.25, 0.3) is 5.91 Å². The van der Waals surface area contributed by atoms with Crippen molar-refractivity contribution in [2.24, 2.45) is 5.92 Å². The highest BCUT2D eigenvalue weighted by Gasteiger charge is 2.28. The van der Waals surface area contributed by atoms with Gasteiger partial charge in [-0.25, -0.2) is 0 Å². The molecular weight excluding hydrogens is 254 g/mol. The van der Waals surface area contributed by atoms with Crippen LogP contribution in [0.3, 0.4) is 0 Å². The topological polar surface area (TPSA) is 81.2 Å². The fourth-order valence-electron chi connectivity index (χ4n) is 2.16.